The zero-order chi connectivity index (χ0) is 14.4. The third-order valence-corrected chi connectivity index (χ3v) is 5.08. The van der Waals surface area contributed by atoms with Crippen molar-refractivity contribution in [2.75, 3.05) is 13.2 Å². The van der Waals surface area contributed by atoms with Gasteiger partial charge in [0.15, 0.2) is 12.0 Å². The van der Waals surface area contributed by atoms with Gasteiger partial charge >= 0.3 is 0 Å². The molecule has 0 aromatic heterocycles. The van der Waals surface area contributed by atoms with E-state index in [1.165, 1.54) is 6.42 Å². The number of benzene rings is 1. The van der Waals surface area contributed by atoms with Gasteiger partial charge in [0.1, 0.15) is 0 Å². The van der Waals surface area contributed by atoms with Gasteiger partial charge in [-0.25, -0.2) is 5.21 Å². The average Bonchev–Trinajstić information content (AvgIpc) is 3.09. The van der Waals surface area contributed by atoms with Crippen LogP contribution in [-0.2, 0) is 9.47 Å². The Labute approximate surface area is 123 Å². The van der Waals surface area contributed by atoms with E-state index in [9.17, 15) is 5.21 Å². The zero-order valence-corrected chi connectivity index (χ0v) is 11.7. The fourth-order valence-electron chi connectivity index (χ4n) is 3.97. The topological polar surface area (TPSA) is 66.2 Å². The van der Waals surface area contributed by atoms with E-state index in [-0.39, 0.29) is 11.1 Å². The Balaban J connectivity index is 1.48. The SMILES string of the molecule is [O-][NH+](O)c1cccc(C2OCC3(CO2)C[C@@H]2C=C[C@@H]3C2)c1. The molecule has 4 rings (SSSR count). The van der Waals surface area contributed by atoms with Crippen molar-refractivity contribution >= 4 is 5.69 Å². The Morgan fingerprint density at radius 2 is 2.05 bits per heavy atom. The van der Waals surface area contributed by atoms with Gasteiger partial charge in [-0.3, -0.25) is 0 Å². The number of nitrogens with one attached hydrogen (secondary N) is 1. The molecule has 2 aliphatic carbocycles. The molecule has 1 aromatic rings. The lowest BCUT2D eigenvalue weighted by molar-refractivity contribution is -0.991. The minimum atomic E-state index is -0.928. The van der Waals surface area contributed by atoms with E-state index in [0.717, 1.165) is 12.0 Å². The maximum atomic E-state index is 11.0. The fraction of sp³-hybridized carbons (Fsp3) is 0.500. The fourth-order valence-corrected chi connectivity index (χ4v) is 3.97. The van der Waals surface area contributed by atoms with Crippen LogP contribution in [0, 0.1) is 22.5 Å². The molecule has 0 radical (unpaired) electrons. The van der Waals surface area contributed by atoms with Crippen molar-refractivity contribution in [3.63, 3.8) is 0 Å². The van der Waals surface area contributed by atoms with Crippen LogP contribution >= 0.6 is 0 Å². The highest BCUT2D eigenvalue weighted by atomic mass is 16.8. The lowest BCUT2D eigenvalue weighted by Gasteiger charge is -2.41. The predicted molar refractivity (Wildman–Crippen MR) is 74.7 cm³/mol. The maximum absolute atomic E-state index is 11.0. The monoisotopic (exact) mass is 289 g/mol. The molecule has 0 amide bonds. The van der Waals surface area contributed by atoms with Crippen LogP contribution in [0.2, 0.25) is 0 Å². The number of hydrogen-bond donors (Lipinski definition) is 2. The van der Waals surface area contributed by atoms with Crippen molar-refractivity contribution in [2.24, 2.45) is 17.3 Å². The lowest BCUT2D eigenvalue weighted by atomic mass is 9.76. The maximum Gasteiger partial charge on any atom is 0.184 e. The Bertz CT molecular complexity index is 563. The first-order valence-corrected chi connectivity index (χ1v) is 7.41. The van der Waals surface area contributed by atoms with Gasteiger partial charge in [0.2, 0.25) is 0 Å². The molecule has 1 aliphatic heterocycles. The van der Waals surface area contributed by atoms with Gasteiger partial charge in [-0.1, -0.05) is 24.3 Å². The highest BCUT2D eigenvalue weighted by Crippen LogP contribution is 2.54. The molecule has 2 bridgehead atoms. The summed E-state index contributed by atoms with van der Waals surface area (Å²) >= 11 is 0. The molecule has 1 saturated carbocycles. The van der Waals surface area contributed by atoms with Gasteiger partial charge in [0.05, 0.1) is 13.2 Å². The van der Waals surface area contributed by atoms with Crippen LogP contribution < -0.4 is 5.23 Å². The summed E-state index contributed by atoms with van der Waals surface area (Å²) in [5, 5.41) is 19.2. The van der Waals surface area contributed by atoms with Gasteiger partial charge < -0.3 is 14.7 Å². The van der Waals surface area contributed by atoms with Crippen LogP contribution in [0.1, 0.15) is 24.7 Å². The number of allylic oxidation sites excluding steroid dienone is 2. The zero-order valence-electron chi connectivity index (χ0n) is 11.7. The standard InChI is InChI=1S/C16H19NO4/c18-17(19)14-3-1-2-12(7-14)15-20-9-16(10-21-15)8-11-4-5-13(16)6-11/h1-5,7,11,13,15,17-18H,6,8-10H2/t11-,13-,15?,16?/m1/s1. The number of rotatable bonds is 2. The smallest absolute Gasteiger partial charge is 0.184 e. The molecule has 5 nitrogen and oxygen atoms in total. The van der Waals surface area contributed by atoms with Crippen molar-refractivity contribution in [1.29, 1.82) is 0 Å². The largest absolute Gasteiger partial charge is 0.595 e. The van der Waals surface area contributed by atoms with Crippen LogP contribution in [0.5, 0.6) is 0 Å². The molecule has 1 saturated heterocycles. The normalized spacial score (nSPS) is 39.0. The quantitative estimate of drug-likeness (QED) is 0.642. The minimum Gasteiger partial charge on any atom is -0.595 e. The van der Waals surface area contributed by atoms with Crippen molar-refractivity contribution in [2.45, 2.75) is 19.1 Å². The van der Waals surface area contributed by atoms with E-state index in [4.69, 9.17) is 14.7 Å². The molecule has 21 heavy (non-hydrogen) atoms. The molecule has 5 heteroatoms. The van der Waals surface area contributed by atoms with E-state index in [2.05, 4.69) is 12.2 Å². The molecule has 1 spiro atoms. The van der Waals surface area contributed by atoms with Crippen LogP contribution in [0.4, 0.5) is 5.69 Å². The second-order valence-corrected chi connectivity index (χ2v) is 6.44. The first kappa shape index (κ1) is 13.4. The molecule has 2 N–H and O–H groups in total. The van der Waals surface area contributed by atoms with Crippen LogP contribution in [0.25, 0.3) is 0 Å². The molecule has 2 fully saturated rings. The number of ether oxygens (including phenoxy) is 2. The number of hydrogen-bond acceptors (Lipinski definition) is 4. The van der Waals surface area contributed by atoms with Crippen LogP contribution in [0.3, 0.4) is 0 Å². The van der Waals surface area contributed by atoms with Crippen molar-refractivity contribution in [3.05, 3.63) is 47.2 Å². The van der Waals surface area contributed by atoms with Crippen molar-refractivity contribution < 1.29 is 19.9 Å². The summed E-state index contributed by atoms with van der Waals surface area (Å²) in [7, 11) is 0. The molecule has 1 unspecified atom stereocenters. The Morgan fingerprint density at radius 1 is 1.24 bits per heavy atom. The first-order chi connectivity index (χ1) is 10.2. The molecule has 112 valence electrons. The van der Waals surface area contributed by atoms with E-state index in [0.29, 0.717) is 25.0 Å². The minimum absolute atomic E-state index is 0.139. The summed E-state index contributed by atoms with van der Waals surface area (Å²) in [6.07, 6.45) is 6.56. The molecule has 3 aliphatic rings. The van der Waals surface area contributed by atoms with E-state index < -0.39 is 11.5 Å². The Hall–Kier alpha value is -1.24. The molecular formula is C16H19NO4. The van der Waals surface area contributed by atoms with Crippen LogP contribution in [0.15, 0.2) is 36.4 Å². The highest BCUT2D eigenvalue weighted by molar-refractivity contribution is 5.34. The third kappa shape index (κ3) is 2.22. The lowest BCUT2D eigenvalue weighted by Crippen LogP contribution is -2.99. The van der Waals surface area contributed by atoms with E-state index in [1.807, 2.05) is 6.07 Å². The summed E-state index contributed by atoms with van der Waals surface area (Å²) in [4.78, 5) is 0. The van der Waals surface area contributed by atoms with Crippen LogP contribution in [-0.4, -0.2) is 18.4 Å². The van der Waals surface area contributed by atoms with Gasteiger partial charge in [0, 0.05) is 23.1 Å². The summed E-state index contributed by atoms with van der Waals surface area (Å²) in [6, 6.07) is 6.80. The predicted octanol–water partition coefficient (Wildman–Crippen LogP) is 1.72. The van der Waals surface area contributed by atoms with Crippen molar-refractivity contribution in [1.82, 2.24) is 0 Å². The molecule has 1 heterocycles. The molecule has 1 aromatic carbocycles. The first-order valence-electron chi connectivity index (χ1n) is 7.41. The average molecular weight is 289 g/mol. The third-order valence-electron chi connectivity index (χ3n) is 5.08. The summed E-state index contributed by atoms with van der Waals surface area (Å²) in [5.41, 5.74) is 1.19. The Kier molecular flexibility index (Phi) is 3.13. The molecular weight excluding hydrogens is 270 g/mol. The van der Waals surface area contributed by atoms with E-state index >= 15 is 0 Å². The summed E-state index contributed by atoms with van der Waals surface area (Å²) in [6.45, 7) is 1.39. The summed E-state index contributed by atoms with van der Waals surface area (Å²) in [5.74, 6) is 1.27. The number of fused-ring (bicyclic) bond motifs is 3. The number of quaternary nitrogens is 1. The Morgan fingerprint density at radius 3 is 2.67 bits per heavy atom. The second-order valence-electron chi connectivity index (χ2n) is 6.44. The van der Waals surface area contributed by atoms with E-state index in [1.54, 1.807) is 18.2 Å². The summed E-state index contributed by atoms with van der Waals surface area (Å²) < 4.78 is 11.9. The van der Waals surface area contributed by atoms with Crippen molar-refractivity contribution in [3.8, 4) is 0 Å². The highest BCUT2D eigenvalue weighted by Gasteiger charge is 2.51. The second kappa shape index (κ2) is 4.90. The van der Waals surface area contributed by atoms with Gasteiger partial charge in [-0.2, -0.15) is 5.23 Å². The van der Waals surface area contributed by atoms with Gasteiger partial charge in [0.25, 0.3) is 0 Å². The van der Waals surface area contributed by atoms with Gasteiger partial charge in [-0.15, -0.1) is 0 Å². The molecule has 3 atom stereocenters. The van der Waals surface area contributed by atoms with Gasteiger partial charge in [-0.05, 0) is 24.7 Å².